The third-order valence-corrected chi connectivity index (χ3v) is 3.90. The second kappa shape index (κ2) is 6.80. The van der Waals surface area contributed by atoms with Crippen LogP contribution in [0, 0.1) is 6.92 Å². The van der Waals surface area contributed by atoms with Gasteiger partial charge in [-0.3, -0.25) is 5.84 Å². The fourth-order valence-electron chi connectivity index (χ4n) is 2.30. The van der Waals surface area contributed by atoms with Crippen molar-refractivity contribution >= 4 is 11.6 Å². The molecule has 0 bridgehead atoms. The Labute approximate surface area is 129 Å². The molecule has 5 heteroatoms. The van der Waals surface area contributed by atoms with Crippen molar-refractivity contribution in [2.45, 2.75) is 13.0 Å². The molecule has 2 rings (SSSR count). The summed E-state index contributed by atoms with van der Waals surface area (Å²) in [6, 6.07) is 11.2. The molecule has 0 heterocycles. The van der Waals surface area contributed by atoms with Gasteiger partial charge >= 0.3 is 0 Å². The molecule has 21 heavy (non-hydrogen) atoms. The first-order valence-electron chi connectivity index (χ1n) is 6.54. The average Bonchev–Trinajstić information content (AvgIpc) is 2.51. The topological polar surface area (TPSA) is 56.5 Å². The van der Waals surface area contributed by atoms with Gasteiger partial charge in [-0.1, -0.05) is 23.7 Å². The molecule has 112 valence electrons. The quantitative estimate of drug-likeness (QED) is 0.658. The number of hydrazine groups is 1. The smallest absolute Gasteiger partial charge is 0.122 e. The number of hydrogen-bond acceptors (Lipinski definition) is 4. The highest BCUT2D eigenvalue weighted by Gasteiger charge is 2.17. The van der Waals surface area contributed by atoms with Gasteiger partial charge in [-0.05, 0) is 41.8 Å². The van der Waals surface area contributed by atoms with Gasteiger partial charge in [-0.2, -0.15) is 0 Å². The molecule has 2 aromatic rings. The standard InChI is InChI=1S/C16H19ClN2O2/c1-10-14(5-4-6-15(10)17)16(19-18)11-7-12(20-2)9-13(8-11)21-3/h4-9,16,19H,18H2,1-3H3. The lowest BCUT2D eigenvalue weighted by atomic mass is 9.95. The van der Waals surface area contributed by atoms with Crippen LogP contribution in [-0.4, -0.2) is 14.2 Å². The fourth-order valence-corrected chi connectivity index (χ4v) is 2.48. The fraction of sp³-hybridized carbons (Fsp3) is 0.250. The van der Waals surface area contributed by atoms with E-state index in [1.165, 1.54) is 0 Å². The molecule has 0 radical (unpaired) electrons. The van der Waals surface area contributed by atoms with Crippen molar-refractivity contribution in [1.82, 2.24) is 5.43 Å². The zero-order valence-corrected chi connectivity index (χ0v) is 13.1. The Morgan fingerprint density at radius 3 is 2.24 bits per heavy atom. The summed E-state index contributed by atoms with van der Waals surface area (Å²) in [5.74, 6) is 7.19. The van der Waals surface area contributed by atoms with Gasteiger partial charge < -0.3 is 9.47 Å². The SMILES string of the molecule is COc1cc(OC)cc(C(NN)c2cccc(Cl)c2C)c1. The average molecular weight is 307 g/mol. The van der Waals surface area contributed by atoms with Crippen molar-refractivity contribution in [3.63, 3.8) is 0 Å². The molecule has 1 unspecified atom stereocenters. The van der Waals surface area contributed by atoms with Crippen molar-refractivity contribution in [2.24, 2.45) is 5.84 Å². The molecular formula is C16H19ClN2O2. The Kier molecular flexibility index (Phi) is 5.07. The van der Waals surface area contributed by atoms with Gasteiger partial charge in [-0.15, -0.1) is 0 Å². The van der Waals surface area contributed by atoms with Crippen molar-refractivity contribution in [3.05, 3.63) is 58.1 Å². The van der Waals surface area contributed by atoms with E-state index in [9.17, 15) is 0 Å². The highest BCUT2D eigenvalue weighted by molar-refractivity contribution is 6.31. The molecule has 0 aliphatic rings. The number of ether oxygens (including phenoxy) is 2. The van der Waals surface area contributed by atoms with E-state index in [2.05, 4.69) is 5.43 Å². The molecule has 2 aromatic carbocycles. The highest BCUT2D eigenvalue weighted by Crippen LogP contribution is 2.32. The van der Waals surface area contributed by atoms with E-state index in [1.807, 2.05) is 43.3 Å². The second-order valence-corrected chi connectivity index (χ2v) is 5.11. The van der Waals surface area contributed by atoms with Crippen LogP contribution in [0.25, 0.3) is 0 Å². The van der Waals surface area contributed by atoms with Gasteiger partial charge in [0.15, 0.2) is 0 Å². The van der Waals surface area contributed by atoms with E-state index in [0.717, 1.165) is 16.7 Å². The maximum atomic E-state index is 6.20. The normalized spacial score (nSPS) is 12.0. The summed E-state index contributed by atoms with van der Waals surface area (Å²) >= 11 is 6.20. The minimum Gasteiger partial charge on any atom is -0.497 e. The van der Waals surface area contributed by atoms with Gasteiger partial charge in [0.1, 0.15) is 11.5 Å². The summed E-state index contributed by atoms with van der Waals surface area (Å²) < 4.78 is 10.6. The Hall–Kier alpha value is -1.75. The predicted octanol–water partition coefficient (Wildman–Crippen LogP) is 3.22. The molecule has 1 atom stereocenters. The van der Waals surface area contributed by atoms with Gasteiger partial charge in [0.2, 0.25) is 0 Å². The molecule has 0 saturated heterocycles. The van der Waals surface area contributed by atoms with Crippen LogP contribution in [-0.2, 0) is 0 Å². The zero-order chi connectivity index (χ0) is 15.4. The van der Waals surface area contributed by atoms with Crippen LogP contribution in [0.1, 0.15) is 22.7 Å². The number of nitrogens with one attached hydrogen (secondary N) is 1. The molecule has 0 saturated carbocycles. The van der Waals surface area contributed by atoms with Crippen molar-refractivity contribution in [1.29, 1.82) is 0 Å². The Morgan fingerprint density at radius 1 is 1.10 bits per heavy atom. The van der Waals surface area contributed by atoms with Crippen LogP contribution in [0.2, 0.25) is 5.02 Å². The molecule has 0 aromatic heterocycles. The Balaban J connectivity index is 2.53. The molecule has 0 amide bonds. The Bertz CT molecular complexity index is 609. The summed E-state index contributed by atoms with van der Waals surface area (Å²) in [5.41, 5.74) is 5.78. The van der Waals surface area contributed by atoms with E-state index in [4.69, 9.17) is 26.9 Å². The minimum atomic E-state index is -0.201. The number of hydrogen-bond donors (Lipinski definition) is 2. The summed E-state index contributed by atoms with van der Waals surface area (Å²) in [4.78, 5) is 0. The number of methoxy groups -OCH3 is 2. The largest absolute Gasteiger partial charge is 0.497 e. The number of benzene rings is 2. The van der Waals surface area contributed by atoms with E-state index >= 15 is 0 Å². The van der Waals surface area contributed by atoms with Crippen LogP contribution in [0.4, 0.5) is 0 Å². The first-order chi connectivity index (χ1) is 10.1. The molecular weight excluding hydrogens is 288 g/mol. The van der Waals surface area contributed by atoms with Crippen molar-refractivity contribution < 1.29 is 9.47 Å². The van der Waals surface area contributed by atoms with Crippen LogP contribution in [0.3, 0.4) is 0 Å². The van der Waals surface area contributed by atoms with Gasteiger partial charge in [-0.25, -0.2) is 5.43 Å². The van der Waals surface area contributed by atoms with Crippen LogP contribution < -0.4 is 20.7 Å². The predicted molar refractivity (Wildman–Crippen MR) is 84.9 cm³/mol. The minimum absolute atomic E-state index is 0.201. The van der Waals surface area contributed by atoms with Gasteiger partial charge in [0.05, 0.1) is 20.3 Å². The number of halogens is 1. The zero-order valence-electron chi connectivity index (χ0n) is 12.3. The van der Waals surface area contributed by atoms with E-state index in [1.54, 1.807) is 14.2 Å². The molecule has 0 fully saturated rings. The monoisotopic (exact) mass is 306 g/mol. The van der Waals surface area contributed by atoms with E-state index in [0.29, 0.717) is 16.5 Å². The maximum Gasteiger partial charge on any atom is 0.122 e. The number of nitrogens with two attached hydrogens (primary N) is 1. The van der Waals surface area contributed by atoms with Gasteiger partial charge in [0, 0.05) is 11.1 Å². The second-order valence-electron chi connectivity index (χ2n) is 4.70. The highest BCUT2D eigenvalue weighted by atomic mass is 35.5. The molecule has 0 spiro atoms. The van der Waals surface area contributed by atoms with Crippen molar-refractivity contribution in [3.8, 4) is 11.5 Å². The van der Waals surface area contributed by atoms with Crippen LogP contribution >= 0.6 is 11.6 Å². The lowest BCUT2D eigenvalue weighted by Gasteiger charge is -2.21. The third kappa shape index (κ3) is 3.29. The van der Waals surface area contributed by atoms with E-state index in [-0.39, 0.29) is 6.04 Å². The summed E-state index contributed by atoms with van der Waals surface area (Å²) in [6.45, 7) is 1.97. The Morgan fingerprint density at radius 2 is 1.71 bits per heavy atom. The summed E-state index contributed by atoms with van der Waals surface area (Å²) in [7, 11) is 3.24. The third-order valence-electron chi connectivity index (χ3n) is 3.49. The first-order valence-corrected chi connectivity index (χ1v) is 6.92. The molecule has 0 aliphatic carbocycles. The van der Waals surface area contributed by atoms with Gasteiger partial charge in [0.25, 0.3) is 0 Å². The summed E-state index contributed by atoms with van der Waals surface area (Å²) in [6.07, 6.45) is 0. The molecule has 3 N–H and O–H groups in total. The summed E-state index contributed by atoms with van der Waals surface area (Å²) in [5, 5.41) is 0.711. The molecule has 0 aliphatic heterocycles. The van der Waals surface area contributed by atoms with E-state index < -0.39 is 0 Å². The van der Waals surface area contributed by atoms with Crippen molar-refractivity contribution in [2.75, 3.05) is 14.2 Å². The van der Waals surface area contributed by atoms with Crippen LogP contribution in [0.15, 0.2) is 36.4 Å². The lowest BCUT2D eigenvalue weighted by Crippen LogP contribution is -2.29. The molecule has 4 nitrogen and oxygen atoms in total. The number of rotatable bonds is 5. The first kappa shape index (κ1) is 15.6. The lowest BCUT2D eigenvalue weighted by molar-refractivity contribution is 0.392. The maximum absolute atomic E-state index is 6.20. The van der Waals surface area contributed by atoms with Crippen LogP contribution in [0.5, 0.6) is 11.5 Å².